The minimum absolute atomic E-state index is 0.125. The van der Waals surface area contributed by atoms with E-state index in [1.54, 1.807) is 22.2 Å². The molecule has 3 aromatic rings. The number of rotatable bonds is 5. The molecule has 0 aliphatic carbocycles. The van der Waals surface area contributed by atoms with Gasteiger partial charge in [-0.3, -0.25) is 9.48 Å². The molecule has 1 aromatic carbocycles. The van der Waals surface area contributed by atoms with Crippen LogP contribution in [-0.4, -0.2) is 26.7 Å². The lowest BCUT2D eigenvalue weighted by Crippen LogP contribution is -2.36. The molecule has 0 bridgehead atoms. The van der Waals surface area contributed by atoms with Gasteiger partial charge in [0, 0.05) is 23.2 Å². The second kappa shape index (κ2) is 7.99. The summed E-state index contributed by atoms with van der Waals surface area (Å²) in [6.45, 7) is 2.42. The van der Waals surface area contributed by atoms with E-state index in [4.69, 9.17) is 16.9 Å². The fourth-order valence-electron chi connectivity index (χ4n) is 2.36. The molecular weight excluding hydrogens is 438 g/mol. The molecule has 3 rings (SSSR count). The number of thiazole rings is 1. The van der Waals surface area contributed by atoms with Gasteiger partial charge in [0.25, 0.3) is 5.91 Å². The van der Waals surface area contributed by atoms with Gasteiger partial charge in [-0.25, -0.2) is 4.98 Å². The van der Waals surface area contributed by atoms with Gasteiger partial charge in [0.2, 0.25) is 0 Å². The van der Waals surface area contributed by atoms with Crippen molar-refractivity contribution in [3.05, 3.63) is 56.0 Å². The van der Waals surface area contributed by atoms with Crippen molar-refractivity contribution in [2.24, 2.45) is 0 Å². The Kier molecular flexibility index (Phi) is 5.71. The number of aromatic nitrogens is 3. The third-order valence-electron chi connectivity index (χ3n) is 3.57. The highest BCUT2D eigenvalue weighted by atomic mass is 79.9. The van der Waals surface area contributed by atoms with E-state index >= 15 is 0 Å². The first-order chi connectivity index (χ1) is 12.5. The molecule has 0 saturated heterocycles. The summed E-state index contributed by atoms with van der Waals surface area (Å²) in [6.07, 6.45) is 1.84. The molecule has 2 heterocycles. The van der Waals surface area contributed by atoms with E-state index in [9.17, 15) is 4.79 Å². The molecule has 1 atom stereocenters. The minimum Gasteiger partial charge on any atom is -0.346 e. The average molecular weight is 451 g/mol. The van der Waals surface area contributed by atoms with Crippen LogP contribution in [-0.2, 0) is 6.54 Å². The molecular formula is C17H13BrClN5OS. The monoisotopic (exact) mass is 449 g/mol. The van der Waals surface area contributed by atoms with Crippen LogP contribution in [0.4, 0.5) is 0 Å². The van der Waals surface area contributed by atoms with Gasteiger partial charge in [0.05, 0.1) is 22.8 Å². The molecule has 0 spiro atoms. The predicted octanol–water partition coefficient (Wildman–Crippen LogP) is 4.11. The van der Waals surface area contributed by atoms with Gasteiger partial charge < -0.3 is 5.32 Å². The van der Waals surface area contributed by atoms with Crippen LogP contribution >= 0.6 is 38.9 Å². The number of nitriles is 1. The third-order valence-corrected chi connectivity index (χ3v) is 5.25. The summed E-state index contributed by atoms with van der Waals surface area (Å²) in [5, 5.41) is 18.4. The molecule has 6 nitrogen and oxygen atoms in total. The molecule has 132 valence electrons. The summed E-state index contributed by atoms with van der Waals surface area (Å²) in [6, 6.07) is 8.97. The number of carbonyl (C=O) groups excluding carboxylic acids is 1. The second-order valence-corrected chi connectivity index (χ2v) is 8.13. The van der Waals surface area contributed by atoms with Crippen molar-refractivity contribution in [1.82, 2.24) is 20.1 Å². The normalized spacial score (nSPS) is 11.8. The van der Waals surface area contributed by atoms with Crippen molar-refractivity contribution in [2.45, 2.75) is 19.5 Å². The maximum Gasteiger partial charge on any atom is 0.271 e. The van der Waals surface area contributed by atoms with Crippen LogP contribution in [0.1, 0.15) is 23.0 Å². The first-order valence-electron chi connectivity index (χ1n) is 7.61. The van der Waals surface area contributed by atoms with Crippen molar-refractivity contribution in [3.8, 4) is 17.3 Å². The summed E-state index contributed by atoms with van der Waals surface area (Å²) in [4.78, 5) is 16.2. The van der Waals surface area contributed by atoms with Gasteiger partial charge in [0.15, 0.2) is 3.92 Å². The van der Waals surface area contributed by atoms with E-state index in [-0.39, 0.29) is 11.9 Å². The number of nitrogens with zero attached hydrogens (tertiary/aromatic N) is 4. The van der Waals surface area contributed by atoms with Crippen molar-refractivity contribution in [3.63, 3.8) is 0 Å². The zero-order chi connectivity index (χ0) is 18.7. The van der Waals surface area contributed by atoms with Gasteiger partial charge >= 0.3 is 0 Å². The Labute approximate surface area is 167 Å². The fourth-order valence-corrected chi connectivity index (χ4v) is 3.58. The molecule has 1 unspecified atom stereocenters. The van der Waals surface area contributed by atoms with Crippen LogP contribution in [0.3, 0.4) is 0 Å². The number of benzene rings is 1. The van der Waals surface area contributed by atoms with Crippen molar-refractivity contribution >= 4 is 44.8 Å². The van der Waals surface area contributed by atoms with Crippen molar-refractivity contribution < 1.29 is 4.79 Å². The second-order valence-electron chi connectivity index (χ2n) is 5.59. The maximum atomic E-state index is 12.1. The third kappa shape index (κ3) is 4.30. The Balaban J connectivity index is 1.65. The highest BCUT2D eigenvalue weighted by molar-refractivity contribution is 9.11. The zero-order valence-corrected chi connectivity index (χ0v) is 16.8. The molecule has 1 amide bonds. The van der Waals surface area contributed by atoms with E-state index in [1.807, 2.05) is 31.3 Å². The molecule has 2 aromatic heterocycles. The predicted molar refractivity (Wildman–Crippen MR) is 104 cm³/mol. The number of hydrogen-bond donors (Lipinski definition) is 1. The Morgan fingerprint density at radius 2 is 2.31 bits per heavy atom. The summed E-state index contributed by atoms with van der Waals surface area (Å²) in [7, 11) is 0. The number of hydrogen-bond acceptors (Lipinski definition) is 5. The standard InChI is InChI=1S/C17H13BrClN5OS/c1-10(21-16(25)15-9-26-17(18)22-15)8-24-5-4-14(23-24)11-2-3-12(7-20)13(19)6-11/h2-6,9-10H,8H2,1H3,(H,21,25). The SMILES string of the molecule is CC(Cn1ccc(-c2ccc(C#N)c(Cl)c2)n1)NC(=O)c1csc(Br)n1. The number of amides is 1. The van der Waals surface area contributed by atoms with Gasteiger partial charge in [-0.2, -0.15) is 10.4 Å². The smallest absolute Gasteiger partial charge is 0.271 e. The van der Waals surface area contributed by atoms with Crippen molar-refractivity contribution in [1.29, 1.82) is 5.26 Å². The zero-order valence-electron chi connectivity index (χ0n) is 13.6. The molecule has 1 N–H and O–H groups in total. The fraction of sp³-hybridized carbons (Fsp3) is 0.176. The molecule has 0 aliphatic rings. The quantitative estimate of drug-likeness (QED) is 0.634. The minimum atomic E-state index is -0.217. The van der Waals surface area contributed by atoms with Gasteiger partial charge in [-0.05, 0) is 41.1 Å². The number of nitrogens with one attached hydrogen (secondary N) is 1. The number of halogens is 2. The largest absolute Gasteiger partial charge is 0.346 e. The van der Waals surface area contributed by atoms with Crippen LogP contribution in [0.5, 0.6) is 0 Å². The first-order valence-corrected chi connectivity index (χ1v) is 9.66. The Morgan fingerprint density at radius 1 is 1.50 bits per heavy atom. The van der Waals surface area contributed by atoms with Crippen LogP contribution < -0.4 is 5.32 Å². The lowest BCUT2D eigenvalue weighted by atomic mass is 10.1. The number of carbonyl (C=O) groups is 1. The molecule has 0 saturated carbocycles. The van der Waals surface area contributed by atoms with Crippen LogP contribution in [0.2, 0.25) is 5.02 Å². The maximum absolute atomic E-state index is 12.1. The van der Waals surface area contributed by atoms with E-state index in [1.165, 1.54) is 11.3 Å². The first kappa shape index (κ1) is 18.6. The van der Waals surface area contributed by atoms with Crippen LogP contribution in [0.15, 0.2) is 39.8 Å². The van der Waals surface area contributed by atoms with Gasteiger partial charge in [0.1, 0.15) is 11.8 Å². The van der Waals surface area contributed by atoms with Crippen LogP contribution in [0, 0.1) is 11.3 Å². The van der Waals surface area contributed by atoms with Crippen molar-refractivity contribution in [2.75, 3.05) is 0 Å². The molecule has 26 heavy (non-hydrogen) atoms. The highest BCUT2D eigenvalue weighted by Gasteiger charge is 2.14. The molecule has 0 aliphatic heterocycles. The summed E-state index contributed by atoms with van der Waals surface area (Å²) < 4.78 is 2.43. The molecule has 0 fully saturated rings. The Morgan fingerprint density at radius 3 is 2.96 bits per heavy atom. The van der Waals surface area contributed by atoms with E-state index in [0.29, 0.717) is 26.7 Å². The van der Waals surface area contributed by atoms with E-state index < -0.39 is 0 Å². The lowest BCUT2D eigenvalue weighted by Gasteiger charge is -2.13. The van der Waals surface area contributed by atoms with Gasteiger partial charge in [-0.15, -0.1) is 11.3 Å². The topological polar surface area (TPSA) is 83.6 Å². The van der Waals surface area contributed by atoms with Crippen LogP contribution in [0.25, 0.3) is 11.3 Å². The molecule has 9 heteroatoms. The highest BCUT2D eigenvalue weighted by Crippen LogP contribution is 2.24. The van der Waals surface area contributed by atoms with Gasteiger partial charge in [-0.1, -0.05) is 17.7 Å². The van der Waals surface area contributed by atoms with E-state index in [2.05, 4.69) is 31.3 Å². The van der Waals surface area contributed by atoms with E-state index in [0.717, 1.165) is 11.3 Å². The molecule has 0 radical (unpaired) electrons. The average Bonchev–Trinajstić information content (AvgIpc) is 3.24. The Hall–Kier alpha value is -2.21. The summed E-state index contributed by atoms with van der Waals surface area (Å²) in [5.74, 6) is -0.217. The summed E-state index contributed by atoms with van der Waals surface area (Å²) >= 11 is 10.7. The lowest BCUT2D eigenvalue weighted by molar-refractivity contribution is 0.0931. The summed E-state index contributed by atoms with van der Waals surface area (Å²) in [5.41, 5.74) is 2.40. The Bertz CT molecular complexity index is 993.